The average Bonchev–Trinajstić information content (AvgIpc) is 4.34. The highest BCUT2D eigenvalue weighted by Crippen LogP contribution is 2.56. The van der Waals surface area contributed by atoms with Crippen LogP contribution in [-0.4, -0.2) is 9.97 Å². The SMILES string of the molecule is c1ccc(C(=C(c2ccccc2)c2ccc(-c3c4c(c(-c5ccc(C(=C(c6ccccc6)c6ccccc6)c6ccccc6)s5)c5nc(-c6ccco6)c(-c6ccco6)nc35)N=S=N4)s2)c2ccccc2)cc1. The first-order valence-electron chi connectivity index (χ1n) is 23.8. The van der Waals surface area contributed by atoms with Crippen LogP contribution in [0.15, 0.2) is 261 Å². The van der Waals surface area contributed by atoms with Gasteiger partial charge in [0.15, 0.2) is 11.5 Å². The van der Waals surface area contributed by atoms with Crippen molar-refractivity contribution in [3.8, 4) is 43.8 Å². The lowest BCUT2D eigenvalue weighted by atomic mass is 9.88. The van der Waals surface area contributed by atoms with Gasteiger partial charge in [0.1, 0.15) is 33.8 Å². The molecule has 6 nitrogen and oxygen atoms in total. The zero-order valence-corrected chi connectivity index (χ0v) is 41.4. The van der Waals surface area contributed by atoms with Crippen LogP contribution in [0.2, 0.25) is 0 Å². The number of nitrogens with zero attached hydrogens (tertiary/aromatic N) is 4. The maximum Gasteiger partial charge on any atom is 0.154 e. The van der Waals surface area contributed by atoms with Crippen molar-refractivity contribution in [2.75, 3.05) is 0 Å². The summed E-state index contributed by atoms with van der Waals surface area (Å²) in [5.41, 5.74) is 17.0. The van der Waals surface area contributed by atoms with E-state index in [1.807, 2.05) is 24.3 Å². The monoisotopic (exact) mass is 992 g/mol. The Morgan fingerprint density at radius 1 is 0.315 bits per heavy atom. The lowest BCUT2D eigenvalue weighted by molar-refractivity contribution is 0.572. The molecule has 1 aliphatic rings. The molecule has 0 bridgehead atoms. The Hall–Kier alpha value is -8.86. The Bertz CT molecular complexity index is 3720. The highest BCUT2D eigenvalue weighted by molar-refractivity contribution is 7.58. The topological polar surface area (TPSA) is 76.8 Å². The molecule has 5 aromatic heterocycles. The molecular formula is C64H40N4O2S3. The molecule has 6 heterocycles. The second-order valence-corrected chi connectivity index (χ2v) is 20.0. The number of thiophene rings is 2. The van der Waals surface area contributed by atoms with Gasteiger partial charge in [0.25, 0.3) is 0 Å². The third kappa shape index (κ3) is 8.25. The predicted molar refractivity (Wildman–Crippen MR) is 302 cm³/mol. The second-order valence-electron chi connectivity index (χ2n) is 17.3. The fourth-order valence-corrected chi connectivity index (χ4v) is 12.5. The third-order valence-corrected chi connectivity index (χ3v) is 15.7. The van der Waals surface area contributed by atoms with Crippen LogP contribution in [0, 0.1) is 0 Å². The Labute approximate surface area is 433 Å². The van der Waals surface area contributed by atoms with Crippen molar-refractivity contribution in [3.63, 3.8) is 0 Å². The summed E-state index contributed by atoms with van der Waals surface area (Å²) in [6, 6.07) is 80.4. The van der Waals surface area contributed by atoms with E-state index in [2.05, 4.69) is 206 Å². The Kier molecular flexibility index (Phi) is 11.7. The highest BCUT2D eigenvalue weighted by Gasteiger charge is 2.31. The summed E-state index contributed by atoms with van der Waals surface area (Å²) >= 11 is 4.64. The Morgan fingerprint density at radius 2 is 0.630 bits per heavy atom. The van der Waals surface area contributed by atoms with Gasteiger partial charge < -0.3 is 8.83 Å². The summed E-state index contributed by atoms with van der Waals surface area (Å²) in [6.07, 6.45) is 3.33. The van der Waals surface area contributed by atoms with E-state index in [-0.39, 0.29) is 0 Å². The molecule has 0 aliphatic carbocycles. The first-order chi connectivity index (χ1) is 36.2. The molecule has 0 fully saturated rings. The summed E-state index contributed by atoms with van der Waals surface area (Å²) < 4.78 is 22.5. The van der Waals surface area contributed by atoms with Crippen LogP contribution in [0.25, 0.3) is 77.1 Å². The standard InChI is InChI=1S/C64H40N4O2S3/c1-7-21-41(22-8-1)53(42-23-9-2-10-24-42)55(45-29-15-5-16-30-45)49-35-37-51(71-49)57-61-62(66-60(48-34-20-40-70-48)59(65-61)47-33-19-39-69-47)58(64-63(57)67-73-68-64)52-38-36-50(72-52)56(46-31-17-6-18-32-46)54(43-25-11-3-12-26-43)44-27-13-4-14-28-44/h1-40H. The summed E-state index contributed by atoms with van der Waals surface area (Å²) in [5, 5.41) is 0. The number of rotatable bonds is 12. The van der Waals surface area contributed by atoms with E-state index in [0.717, 1.165) is 97.7 Å². The van der Waals surface area contributed by atoms with Crippen molar-refractivity contribution in [2.45, 2.75) is 0 Å². The molecule has 0 spiro atoms. The molecule has 0 atom stereocenters. The van der Waals surface area contributed by atoms with Crippen molar-refractivity contribution in [1.29, 1.82) is 0 Å². The molecule has 9 heteroatoms. The van der Waals surface area contributed by atoms with Crippen LogP contribution < -0.4 is 0 Å². The fraction of sp³-hybridized carbons (Fsp3) is 0. The van der Waals surface area contributed by atoms with Gasteiger partial charge in [-0.1, -0.05) is 182 Å². The zero-order valence-electron chi connectivity index (χ0n) is 38.9. The van der Waals surface area contributed by atoms with Crippen LogP contribution >= 0.6 is 22.7 Å². The van der Waals surface area contributed by atoms with Crippen molar-refractivity contribution < 1.29 is 8.83 Å². The van der Waals surface area contributed by atoms with Gasteiger partial charge in [-0.25, -0.2) is 9.97 Å². The molecule has 0 amide bonds. The van der Waals surface area contributed by atoms with Gasteiger partial charge in [-0.15, -0.1) is 22.7 Å². The maximum atomic E-state index is 6.13. The van der Waals surface area contributed by atoms with Gasteiger partial charge in [-0.2, -0.15) is 8.73 Å². The van der Waals surface area contributed by atoms with Gasteiger partial charge in [0, 0.05) is 41.8 Å². The van der Waals surface area contributed by atoms with Crippen LogP contribution in [0.5, 0.6) is 0 Å². The average molecular weight is 993 g/mol. The lowest BCUT2D eigenvalue weighted by Crippen LogP contribution is -1.98. The predicted octanol–water partition coefficient (Wildman–Crippen LogP) is 18.3. The minimum Gasteiger partial charge on any atom is -0.463 e. The third-order valence-electron chi connectivity index (χ3n) is 12.9. The summed E-state index contributed by atoms with van der Waals surface area (Å²) in [5.74, 6) is 1.15. The minimum atomic E-state index is 0.566. The first kappa shape index (κ1) is 44.1. The number of hydrogen-bond acceptors (Lipinski definition) is 8. The van der Waals surface area contributed by atoms with Crippen molar-refractivity contribution in [1.82, 2.24) is 9.97 Å². The van der Waals surface area contributed by atoms with Gasteiger partial charge in [0.2, 0.25) is 0 Å². The van der Waals surface area contributed by atoms with Crippen LogP contribution in [-0.2, 0) is 11.4 Å². The number of furan rings is 2. The molecule has 0 saturated heterocycles. The van der Waals surface area contributed by atoms with Gasteiger partial charge in [-0.3, -0.25) is 0 Å². The van der Waals surface area contributed by atoms with E-state index < -0.39 is 0 Å². The van der Waals surface area contributed by atoms with Crippen LogP contribution in [0.4, 0.5) is 11.4 Å². The minimum absolute atomic E-state index is 0.566. The molecule has 12 aromatic rings. The summed E-state index contributed by atoms with van der Waals surface area (Å²) in [6.45, 7) is 0. The fourth-order valence-electron chi connectivity index (χ4n) is 9.73. The smallest absolute Gasteiger partial charge is 0.154 e. The molecule has 0 radical (unpaired) electrons. The molecule has 0 N–H and O–H groups in total. The Balaban J connectivity index is 1.08. The van der Waals surface area contributed by atoms with E-state index in [9.17, 15) is 0 Å². The van der Waals surface area contributed by atoms with Crippen LogP contribution in [0.3, 0.4) is 0 Å². The van der Waals surface area contributed by atoms with E-state index in [1.54, 1.807) is 35.2 Å². The molecule has 13 rings (SSSR count). The number of hydrogen-bond donors (Lipinski definition) is 0. The molecule has 0 unspecified atom stereocenters. The van der Waals surface area contributed by atoms with Gasteiger partial charge >= 0.3 is 0 Å². The highest BCUT2D eigenvalue weighted by atomic mass is 32.1. The Morgan fingerprint density at radius 3 is 0.932 bits per heavy atom. The molecule has 7 aromatic carbocycles. The van der Waals surface area contributed by atoms with Crippen molar-refractivity contribution >= 4 is 78.7 Å². The summed E-state index contributed by atoms with van der Waals surface area (Å²) in [4.78, 5) is 15.4. The zero-order chi connectivity index (χ0) is 48.5. The number of fused-ring (bicyclic) bond motifs is 2. The number of benzene rings is 7. The largest absolute Gasteiger partial charge is 0.463 e. The van der Waals surface area contributed by atoms with Gasteiger partial charge in [0.05, 0.1) is 23.9 Å². The maximum absolute atomic E-state index is 6.13. The molecule has 73 heavy (non-hydrogen) atoms. The van der Waals surface area contributed by atoms with Crippen LogP contribution in [0.1, 0.15) is 43.1 Å². The molecular weight excluding hydrogens is 953 g/mol. The van der Waals surface area contributed by atoms with E-state index in [0.29, 0.717) is 33.9 Å². The second kappa shape index (κ2) is 19.4. The normalized spacial score (nSPS) is 11.6. The number of aromatic nitrogens is 2. The molecule has 1 aliphatic heterocycles. The van der Waals surface area contributed by atoms with Gasteiger partial charge in [-0.05, 0) is 93.1 Å². The van der Waals surface area contributed by atoms with Crippen molar-refractivity contribution in [3.05, 3.63) is 286 Å². The van der Waals surface area contributed by atoms with Crippen molar-refractivity contribution in [2.24, 2.45) is 8.73 Å². The summed E-state index contributed by atoms with van der Waals surface area (Å²) in [7, 11) is 0. The first-order valence-corrected chi connectivity index (χ1v) is 26.2. The van der Waals surface area contributed by atoms with E-state index in [1.165, 1.54) is 11.4 Å². The molecule has 0 saturated carbocycles. The van der Waals surface area contributed by atoms with E-state index >= 15 is 0 Å². The van der Waals surface area contributed by atoms with E-state index in [4.69, 9.17) is 27.5 Å². The molecule has 346 valence electrons. The quantitative estimate of drug-likeness (QED) is 0.114. The lowest BCUT2D eigenvalue weighted by Gasteiger charge is -2.17.